The lowest BCUT2D eigenvalue weighted by Crippen LogP contribution is -2.40. The van der Waals surface area contributed by atoms with Crippen LogP contribution in [-0.4, -0.2) is 38.5 Å². The first kappa shape index (κ1) is 15.6. The van der Waals surface area contributed by atoms with Gasteiger partial charge in [-0.2, -0.15) is 0 Å². The van der Waals surface area contributed by atoms with Crippen LogP contribution in [0.3, 0.4) is 0 Å². The van der Waals surface area contributed by atoms with Gasteiger partial charge in [-0.15, -0.1) is 0 Å². The second-order valence-electron chi connectivity index (χ2n) is 5.98. The molecule has 2 atom stereocenters. The summed E-state index contributed by atoms with van der Waals surface area (Å²) in [7, 11) is 0. The van der Waals surface area contributed by atoms with Crippen molar-refractivity contribution in [3.05, 3.63) is 59.7 Å². The van der Waals surface area contributed by atoms with E-state index in [4.69, 9.17) is 0 Å². The first-order chi connectivity index (χ1) is 11.1. The van der Waals surface area contributed by atoms with Crippen LogP contribution in [-0.2, 0) is 11.2 Å². The van der Waals surface area contributed by atoms with Gasteiger partial charge in [-0.1, -0.05) is 12.1 Å². The molecule has 1 N–H and O–H groups in total. The summed E-state index contributed by atoms with van der Waals surface area (Å²) >= 11 is 0. The molecule has 2 aromatic rings. The Labute approximate surface area is 136 Å². The summed E-state index contributed by atoms with van der Waals surface area (Å²) in [5.74, 6) is -0.749. The van der Waals surface area contributed by atoms with Crippen molar-refractivity contribution in [2.45, 2.75) is 38.3 Å². The minimum absolute atomic E-state index is 0.0617. The number of aromatic nitrogens is 2. The maximum Gasteiger partial charge on any atom is 0.320 e. The van der Waals surface area contributed by atoms with Crippen molar-refractivity contribution in [3.63, 3.8) is 0 Å². The summed E-state index contributed by atoms with van der Waals surface area (Å²) in [6.07, 6.45) is 4.04. The van der Waals surface area contributed by atoms with E-state index in [0.717, 1.165) is 30.0 Å². The monoisotopic (exact) mass is 311 g/mol. The van der Waals surface area contributed by atoms with Gasteiger partial charge in [0.2, 0.25) is 0 Å². The first-order valence-corrected chi connectivity index (χ1v) is 7.97. The lowest BCUT2D eigenvalue weighted by molar-refractivity contribution is -0.143. The molecule has 1 aliphatic rings. The zero-order valence-electron chi connectivity index (χ0n) is 13.2. The van der Waals surface area contributed by atoms with E-state index in [1.54, 1.807) is 6.20 Å². The smallest absolute Gasteiger partial charge is 0.320 e. The second-order valence-corrected chi connectivity index (χ2v) is 5.98. The molecule has 0 radical (unpaired) electrons. The summed E-state index contributed by atoms with van der Waals surface area (Å²) in [6, 6.07) is 11.3. The van der Waals surface area contributed by atoms with Gasteiger partial charge in [-0.3, -0.25) is 19.7 Å². The minimum Gasteiger partial charge on any atom is -0.480 e. The first-order valence-electron chi connectivity index (χ1n) is 7.97. The average Bonchev–Trinajstić information content (AvgIpc) is 3.03. The van der Waals surface area contributed by atoms with Gasteiger partial charge in [-0.25, -0.2) is 0 Å². The second kappa shape index (κ2) is 6.87. The molecule has 0 spiro atoms. The SMILES string of the molecule is Cc1cccc(C(Cc2ccccn2)N2CCCC2C(=O)O)n1. The fourth-order valence-corrected chi connectivity index (χ4v) is 3.29. The molecule has 1 saturated heterocycles. The number of carbonyl (C=O) groups is 1. The molecule has 3 heterocycles. The number of hydrogen-bond acceptors (Lipinski definition) is 4. The zero-order valence-corrected chi connectivity index (χ0v) is 13.2. The highest BCUT2D eigenvalue weighted by Gasteiger charge is 2.36. The van der Waals surface area contributed by atoms with Crippen LogP contribution in [0.2, 0.25) is 0 Å². The highest BCUT2D eigenvalue weighted by Crippen LogP contribution is 2.31. The molecule has 1 aliphatic heterocycles. The zero-order chi connectivity index (χ0) is 16.2. The maximum atomic E-state index is 11.6. The van der Waals surface area contributed by atoms with Gasteiger partial charge < -0.3 is 5.11 Å². The van der Waals surface area contributed by atoms with Crippen molar-refractivity contribution < 1.29 is 9.90 Å². The standard InChI is InChI=1S/C18H21N3O2/c1-13-6-4-8-15(20-13)17(12-14-7-2-3-10-19-14)21-11-5-9-16(21)18(22)23/h2-4,6-8,10,16-17H,5,9,11-12H2,1H3,(H,22,23). The van der Waals surface area contributed by atoms with E-state index < -0.39 is 12.0 Å². The molecule has 23 heavy (non-hydrogen) atoms. The Kier molecular flexibility index (Phi) is 4.67. The molecule has 3 rings (SSSR count). The van der Waals surface area contributed by atoms with Crippen LogP contribution in [0.1, 0.15) is 36.0 Å². The minimum atomic E-state index is -0.749. The molecule has 1 fully saturated rings. The summed E-state index contributed by atoms with van der Waals surface area (Å²) < 4.78 is 0. The Morgan fingerprint density at radius 2 is 2.22 bits per heavy atom. The molecule has 120 valence electrons. The predicted molar refractivity (Wildman–Crippen MR) is 87.0 cm³/mol. The number of carboxylic acid groups (broad SMARTS) is 1. The van der Waals surface area contributed by atoms with Crippen LogP contribution < -0.4 is 0 Å². The van der Waals surface area contributed by atoms with E-state index in [-0.39, 0.29) is 6.04 Å². The largest absolute Gasteiger partial charge is 0.480 e. The van der Waals surface area contributed by atoms with Crippen molar-refractivity contribution in [2.24, 2.45) is 0 Å². The molecule has 2 aromatic heterocycles. The lowest BCUT2D eigenvalue weighted by atomic mass is 10.0. The molecule has 0 saturated carbocycles. The third-order valence-electron chi connectivity index (χ3n) is 4.36. The van der Waals surface area contributed by atoms with Crippen LogP contribution in [0.5, 0.6) is 0 Å². The maximum absolute atomic E-state index is 11.6. The number of rotatable bonds is 5. The Morgan fingerprint density at radius 1 is 1.35 bits per heavy atom. The van der Waals surface area contributed by atoms with Gasteiger partial charge >= 0.3 is 5.97 Å². The summed E-state index contributed by atoms with van der Waals surface area (Å²) in [5.41, 5.74) is 2.82. The van der Waals surface area contributed by atoms with Crippen molar-refractivity contribution in [1.82, 2.24) is 14.9 Å². The van der Waals surface area contributed by atoms with Crippen LogP contribution in [0.25, 0.3) is 0 Å². The van der Waals surface area contributed by atoms with E-state index in [0.29, 0.717) is 12.8 Å². The number of aryl methyl sites for hydroxylation is 1. The van der Waals surface area contributed by atoms with Crippen LogP contribution >= 0.6 is 0 Å². The third-order valence-corrected chi connectivity index (χ3v) is 4.36. The fraction of sp³-hybridized carbons (Fsp3) is 0.389. The number of nitrogens with zero attached hydrogens (tertiary/aromatic N) is 3. The molecule has 0 aliphatic carbocycles. The topological polar surface area (TPSA) is 66.3 Å². The van der Waals surface area contributed by atoms with Gasteiger partial charge in [0.1, 0.15) is 6.04 Å². The highest BCUT2D eigenvalue weighted by molar-refractivity contribution is 5.73. The predicted octanol–water partition coefficient (Wildman–Crippen LogP) is 2.62. The molecule has 5 heteroatoms. The number of likely N-dealkylation sites (tertiary alicyclic amines) is 1. The quantitative estimate of drug-likeness (QED) is 0.919. The van der Waals surface area contributed by atoms with Gasteiger partial charge in [0, 0.05) is 24.0 Å². The molecule has 5 nitrogen and oxygen atoms in total. The van der Waals surface area contributed by atoms with Gasteiger partial charge in [0.15, 0.2) is 0 Å². The molecule has 2 unspecified atom stereocenters. The number of aliphatic carboxylic acids is 1. The van der Waals surface area contributed by atoms with Gasteiger partial charge in [0.05, 0.1) is 11.7 Å². The lowest BCUT2D eigenvalue weighted by Gasteiger charge is -2.30. The van der Waals surface area contributed by atoms with Crippen LogP contribution in [0.4, 0.5) is 0 Å². The Hall–Kier alpha value is -2.27. The van der Waals surface area contributed by atoms with Crippen LogP contribution in [0.15, 0.2) is 42.6 Å². The van der Waals surface area contributed by atoms with E-state index in [9.17, 15) is 9.90 Å². The van der Waals surface area contributed by atoms with Crippen molar-refractivity contribution in [3.8, 4) is 0 Å². The molecule has 0 aromatic carbocycles. The number of carboxylic acids is 1. The Balaban J connectivity index is 1.94. The third kappa shape index (κ3) is 3.56. The number of pyridine rings is 2. The van der Waals surface area contributed by atoms with E-state index in [1.807, 2.05) is 43.3 Å². The van der Waals surface area contributed by atoms with Crippen LogP contribution in [0, 0.1) is 6.92 Å². The summed E-state index contributed by atoms with van der Waals surface area (Å²) in [5, 5.41) is 9.52. The Bertz CT molecular complexity index is 675. The summed E-state index contributed by atoms with van der Waals surface area (Å²) in [4.78, 5) is 22.7. The van der Waals surface area contributed by atoms with Crippen molar-refractivity contribution in [2.75, 3.05) is 6.54 Å². The highest BCUT2D eigenvalue weighted by atomic mass is 16.4. The molecule has 0 bridgehead atoms. The van der Waals surface area contributed by atoms with Gasteiger partial charge in [0.25, 0.3) is 0 Å². The molecule has 0 amide bonds. The van der Waals surface area contributed by atoms with Crippen molar-refractivity contribution >= 4 is 5.97 Å². The summed E-state index contributed by atoms with van der Waals surface area (Å²) in [6.45, 7) is 2.74. The number of hydrogen-bond donors (Lipinski definition) is 1. The van der Waals surface area contributed by atoms with Gasteiger partial charge in [-0.05, 0) is 50.6 Å². The Morgan fingerprint density at radius 3 is 2.91 bits per heavy atom. The van der Waals surface area contributed by atoms with E-state index in [1.165, 1.54) is 0 Å². The van der Waals surface area contributed by atoms with E-state index >= 15 is 0 Å². The molecular weight excluding hydrogens is 290 g/mol. The van der Waals surface area contributed by atoms with E-state index in [2.05, 4.69) is 14.9 Å². The fourth-order valence-electron chi connectivity index (χ4n) is 3.29. The average molecular weight is 311 g/mol. The molecular formula is C18H21N3O2. The normalized spacial score (nSPS) is 19.6. The van der Waals surface area contributed by atoms with Crippen molar-refractivity contribution in [1.29, 1.82) is 0 Å².